The molecule has 3 heteroatoms. The number of hydrogen-bond donors (Lipinski definition) is 3. The predicted octanol–water partition coefficient (Wildman–Crippen LogP) is 2.47. The van der Waals surface area contributed by atoms with Crippen LogP contribution in [-0.2, 0) is 0 Å². The highest BCUT2D eigenvalue weighted by atomic mass is 32.1. The van der Waals surface area contributed by atoms with Gasteiger partial charge in [-0.15, -0.1) is 0 Å². The lowest BCUT2D eigenvalue weighted by Gasteiger charge is -2.02. The van der Waals surface area contributed by atoms with Crippen LogP contribution in [0.2, 0.25) is 0 Å². The van der Waals surface area contributed by atoms with Crippen LogP contribution in [0.15, 0.2) is 0 Å². The van der Waals surface area contributed by atoms with Gasteiger partial charge in [0, 0.05) is 5.37 Å². The lowest BCUT2D eigenvalue weighted by atomic mass is 10.1. The summed E-state index contributed by atoms with van der Waals surface area (Å²) >= 11 is 8.25. The Labute approximate surface area is 80.9 Å². The van der Waals surface area contributed by atoms with E-state index < -0.39 is 0 Å². The van der Waals surface area contributed by atoms with Gasteiger partial charge in [-0.25, -0.2) is 0 Å². The van der Waals surface area contributed by atoms with Crippen molar-refractivity contribution in [3.63, 3.8) is 0 Å². The molecule has 0 saturated heterocycles. The Balaban J connectivity index is 2.80. The van der Waals surface area contributed by atoms with Gasteiger partial charge in [-0.1, -0.05) is 25.7 Å². The third-order valence-electron chi connectivity index (χ3n) is 1.66. The molecule has 0 aliphatic carbocycles. The maximum atomic E-state index is 5.49. The summed E-state index contributed by atoms with van der Waals surface area (Å²) in [5, 5.41) is 0.0832. The number of nitrogens with two attached hydrogens (primary N) is 1. The second-order valence-electron chi connectivity index (χ2n) is 2.85. The summed E-state index contributed by atoms with van der Waals surface area (Å²) in [5.41, 5.74) is 5.49. The molecule has 0 aliphatic rings. The molecule has 0 amide bonds. The molecule has 0 aromatic carbocycles. The molecule has 0 saturated carbocycles. The van der Waals surface area contributed by atoms with Gasteiger partial charge < -0.3 is 5.73 Å². The molecule has 0 fully saturated rings. The molecule has 0 radical (unpaired) electrons. The van der Waals surface area contributed by atoms with Crippen LogP contribution in [0.5, 0.6) is 0 Å². The van der Waals surface area contributed by atoms with Crippen molar-refractivity contribution in [3.05, 3.63) is 0 Å². The second kappa shape index (κ2) is 8.75. The fourth-order valence-corrected chi connectivity index (χ4v) is 1.40. The van der Waals surface area contributed by atoms with Crippen LogP contribution in [0, 0.1) is 0 Å². The zero-order valence-corrected chi connectivity index (χ0v) is 8.79. The predicted molar refractivity (Wildman–Crippen MR) is 58.5 cm³/mol. The molecule has 2 N–H and O–H groups in total. The van der Waals surface area contributed by atoms with Crippen molar-refractivity contribution in [3.8, 4) is 0 Å². The third-order valence-corrected chi connectivity index (χ3v) is 2.23. The lowest BCUT2D eigenvalue weighted by Crippen LogP contribution is -2.10. The molecule has 1 nitrogen and oxygen atoms in total. The van der Waals surface area contributed by atoms with Gasteiger partial charge in [0.1, 0.15) is 0 Å². The SMILES string of the molecule is NC(S)CCCCCCCS. The zero-order valence-electron chi connectivity index (χ0n) is 7.00. The minimum absolute atomic E-state index is 0.0832. The fraction of sp³-hybridized carbons (Fsp3) is 1.00. The molecule has 0 aromatic rings. The molecule has 11 heavy (non-hydrogen) atoms. The molecule has 0 spiro atoms. The van der Waals surface area contributed by atoms with Crippen LogP contribution in [0.25, 0.3) is 0 Å². The third kappa shape index (κ3) is 10.7. The molecular formula is C8H19NS2. The summed E-state index contributed by atoms with van der Waals surface area (Å²) in [4.78, 5) is 0. The quantitative estimate of drug-likeness (QED) is 0.323. The average molecular weight is 193 g/mol. The van der Waals surface area contributed by atoms with E-state index in [1.807, 2.05) is 0 Å². The standard InChI is InChI=1S/C8H19NS2/c9-8(11)6-4-2-1-3-5-7-10/h8,10-11H,1-7,9H2. The van der Waals surface area contributed by atoms with Crippen molar-refractivity contribution in [2.75, 3.05) is 5.75 Å². The number of thiol groups is 2. The molecule has 68 valence electrons. The number of hydrogen-bond acceptors (Lipinski definition) is 3. The minimum Gasteiger partial charge on any atom is -0.320 e. The van der Waals surface area contributed by atoms with E-state index in [0.717, 1.165) is 12.2 Å². The molecule has 0 heterocycles. The molecule has 0 bridgehead atoms. The molecule has 0 aromatic heterocycles. The van der Waals surface area contributed by atoms with E-state index in [1.165, 1.54) is 32.1 Å². The summed E-state index contributed by atoms with van der Waals surface area (Å²) in [6, 6.07) is 0. The van der Waals surface area contributed by atoms with Crippen molar-refractivity contribution in [1.82, 2.24) is 0 Å². The first-order valence-corrected chi connectivity index (χ1v) is 5.46. The van der Waals surface area contributed by atoms with Gasteiger partial charge in [0.25, 0.3) is 0 Å². The number of rotatable bonds is 7. The van der Waals surface area contributed by atoms with Crippen molar-refractivity contribution < 1.29 is 0 Å². The topological polar surface area (TPSA) is 26.0 Å². The Kier molecular flexibility index (Phi) is 9.28. The Morgan fingerprint density at radius 3 is 2.09 bits per heavy atom. The zero-order chi connectivity index (χ0) is 8.53. The first-order chi connectivity index (χ1) is 5.27. The Hall–Kier alpha value is 0.660. The van der Waals surface area contributed by atoms with Crippen LogP contribution in [0.3, 0.4) is 0 Å². The van der Waals surface area contributed by atoms with Crippen LogP contribution in [0.4, 0.5) is 0 Å². The van der Waals surface area contributed by atoms with Crippen molar-refractivity contribution >= 4 is 25.3 Å². The summed E-state index contributed by atoms with van der Waals surface area (Å²) in [6.45, 7) is 0. The smallest absolute Gasteiger partial charge is 0.0477 e. The highest BCUT2D eigenvalue weighted by molar-refractivity contribution is 7.80. The first-order valence-electron chi connectivity index (χ1n) is 4.32. The van der Waals surface area contributed by atoms with E-state index >= 15 is 0 Å². The van der Waals surface area contributed by atoms with Gasteiger partial charge in [0.05, 0.1) is 0 Å². The Morgan fingerprint density at radius 1 is 1.00 bits per heavy atom. The maximum Gasteiger partial charge on any atom is 0.0477 e. The lowest BCUT2D eigenvalue weighted by molar-refractivity contribution is 0.604. The van der Waals surface area contributed by atoms with Crippen molar-refractivity contribution in [2.45, 2.75) is 43.9 Å². The minimum atomic E-state index is 0.0832. The van der Waals surface area contributed by atoms with E-state index in [0.29, 0.717) is 0 Å². The Morgan fingerprint density at radius 2 is 1.55 bits per heavy atom. The van der Waals surface area contributed by atoms with Crippen LogP contribution in [0.1, 0.15) is 38.5 Å². The summed E-state index contributed by atoms with van der Waals surface area (Å²) in [5.74, 6) is 1.02. The van der Waals surface area contributed by atoms with E-state index in [1.54, 1.807) is 0 Å². The van der Waals surface area contributed by atoms with Gasteiger partial charge >= 0.3 is 0 Å². The van der Waals surface area contributed by atoms with Gasteiger partial charge in [-0.2, -0.15) is 25.3 Å². The highest BCUT2D eigenvalue weighted by Gasteiger charge is 1.94. The molecule has 0 aliphatic heterocycles. The first kappa shape index (κ1) is 11.7. The van der Waals surface area contributed by atoms with Gasteiger partial charge in [-0.3, -0.25) is 0 Å². The monoisotopic (exact) mass is 193 g/mol. The highest BCUT2D eigenvalue weighted by Crippen LogP contribution is 2.07. The van der Waals surface area contributed by atoms with Crippen molar-refractivity contribution in [1.29, 1.82) is 0 Å². The van der Waals surface area contributed by atoms with Crippen LogP contribution < -0.4 is 5.73 Å². The Bertz CT molecular complexity index is 76.5. The summed E-state index contributed by atoms with van der Waals surface area (Å²) in [6.07, 6.45) is 7.44. The normalized spacial score (nSPS) is 13.4. The largest absolute Gasteiger partial charge is 0.320 e. The van der Waals surface area contributed by atoms with E-state index in [9.17, 15) is 0 Å². The summed E-state index contributed by atoms with van der Waals surface area (Å²) in [7, 11) is 0. The molecule has 1 atom stereocenters. The maximum absolute atomic E-state index is 5.49. The number of unbranched alkanes of at least 4 members (excludes halogenated alkanes) is 4. The van der Waals surface area contributed by atoms with Crippen LogP contribution in [-0.4, -0.2) is 11.1 Å². The van der Waals surface area contributed by atoms with E-state index in [-0.39, 0.29) is 5.37 Å². The van der Waals surface area contributed by atoms with E-state index in [2.05, 4.69) is 25.3 Å². The molecule has 0 rings (SSSR count). The van der Waals surface area contributed by atoms with E-state index in [4.69, 9.17) is 5.73 Å². The van der Waals surface area contributed by atoms with Gasteiger partial charge in [-0.05, 0) is 18.6 Å². The second-order valence-corrected chi connectivity index (χ2v) is 3.96. The fourth-order valence-electron chi connectivity index (χ4n) is 0.996. The molecule has 1 unspecified atom stereocenters. The van der Waals surface area contributed by atoms with Crippen LogP contribution >= 0.6 is 25.3 Å². The van der Waals surface area contributed by atoms with Gasteiger partial charge in [0.2, 0.25) is 0 Å². The molecular weight excluding hydrogens is 174 g/mol. The van der Waals surface area contributed by atoms with Crippen molar-refractivity contribution in [2.24, 2.45) is 5.73 Å². The van der Waals surface area contributed by atoms with Gasteiger partial charge in [0.15, 0.2) is 0 Å². The average Bonchev–Trinajstić information content (AvgIpc) is 1.96. The summed E-state index contributed by atoms with van der Waals surface area (Å²) < 4.78 is 0.